The van der Waals surface area contributed by atoms with Gasteiger partial charge in [0, 0.05) is 17.8 Å². The summed E-state index contributed by atoms with van der Waals surface area (Å²) in [5.41, 5.74) is 2.04. The fourth-order valence-electron chi connectivity index (χ4n) is 2.45. The molecule has 0 amide bonds. The molecule has 2 aromatic rings. The van der Waals surface area contributed by atoms with Gasteiger partial charge in [0.1, 0.15) is 5.82 Å². The van der Waals surface area contributed by atoms with Gasteiger partial charge in [-0.15, -0.1) is 0 Å². The number of anilines is 2. The minimum Gasteiger partial charge on any atom is -0.389 e. The van der Waals surface area contributed by atoms with E-state index in [0.29, 0.717) is 11.3 Å². The van der Waals surface area contributed by atoms with E-state index in [-0.39, 0.29) is 5.82 Å². The van der Waals surface area contributed by atoms with Crippen LogP contribution in [0.5, 0.6) is 0 Å². The summed E-state index contributed by atoms with van der Waals surface area (Å²) >= 11 is 0. The Morgan fingerprint density at radius 1 is 1.10 bits per heavy atom. The van der Waals surface area contributed by atoms with Crippen LogP contribution in [0.15, 0.2) is 48.5 Å². The quantitative estimate of drug-likeness (QED) is 0.823. The van der Waals surface area contributed by atoms with E-state index in [2.05, 4.69) is 6.92 Å². The molecule has 2 rings (SSSR count). The summed E-state index contributed by atoms with van der Waals surface area (Å²) in [6.07, 6.45) is 1.29. The molecular formula is C18H22FNO. The number of benzene rings is 2. The highest BCUT2D eigenvalue weighted by molar-refractivity contribution is 5.67. The standard InChI is InChI=1S/C18H22FNO/c1-3-4-13-20(15-9-6-5-7-10-15)18-16(14(2)21)11-8-12-17(18)19/h5-12,14,21H,3-4,13H2,1-2H3/t14-/m0/s1. The molecule has 0 heterocycles. The number of aliphatic hydroxyl groups excluding tert-OH is 1. The molecule has 0 saturated heterocycles. The zero-order chi connectivity index (χ0) is 15.2. The van der Waals surface area contributed by atoms with E-state index < -0.39 is 6.10 Å². The summed E-state index contributed by atoms with van der Waals surface area (Å²) < 4.78 is 14.4. The Labute approximate surface area is 125 Å². The highest BCUT2D eigenvalue weighted by atomic mass is 19.1. The van der Waals surface area contributed by atoms with Crippen molar-refractivity contribution in [2.45, 2.75) is 32.8 Å². The highest BCUT2D eigenvalue weighted by Gasteiger charge is 2.19. The van der Waals surface area contributed by atoms with E-state index in [1.807, 2.05) is 35.2 Å². The molecule has 0 unspecified atom stereocenters. The summed E-state index contributed by atoms with van der Waals surface area (Å²) in [6.45, 7) is 4.50. The van der Waals surface area contributed by atoms with Crippen molar-refractivity contribution in [2.75, 3.05) is 11.4 Å². The van der Waals surface area contributed by atoms with Crippen LogP contribution in [0.3, 0.4) is 0 Å². The Hall–Kier alpha value is -1.87. The first kappa shape index (κ1) is 15.5. The van der Waals surface area contributed by atoms with Crippen LogP contribution < -0.4 is 4.90 Å². The maximum Gasteiger partial charge on any atom is 0.147 e. The van der Waals surface area contributed by atoms with E-state index in [9.17, 15) is 9.50 Å². The van der Waals surface area contributed by atoms with Gasteiger partial charge in [0.15, 0.2) is 0 Å². The molecule has 2 nitrogen and oxygen atoms in total. The summed E-state index contributed by atoms with van der Waals surface area (Å²) in [5.74, 6) is -0.298. The fourth-order valence-corrected chi connectivity index (χ4v) is 2.45. The summed E-state index contributed by atoms with van der Waals surface area (Å²) in [4.78, 5) is 1.96. The number of nitrogens with zero attached hydrogens (tertiary/aromatic N) is 1. The SMILES string of the molecule is CCCCN(c1ccccc1)c1c(F)cccc1[C@H](C)O. The lowest BCUT2D eigenvalue weighted by Gasteiger charge is -2.28. The maximum atomic E-state index is 14.4. The second kappa shape index (κ2) is 7.23. The zero-order valence-corrected chi connectivity index (χ0v) is 12.6. The van der Waals surface area contributed by atoms with Crippen LogP contribution in [0.1, 0.15) is 38.4 Å². The van der Waals surface area contributed by atoms with Gasteiger partial charge in [-0.25, -0.2) is 4.39 Å². The summed E-state index contributed by atoms with van der Waals surface area (Å²) in [5, 5.41) is 9.96. The van der Waals surface area contributed by atoms with Crippen LogP contribution >= 0.6 is 0 Å². The summed E-state index contributed by atoms with van der Waals surface area (Å²) in [6, 6.07) is 14.6. The van der Waals surface area contributed by atoms with Crippen LogP contribution in [-0.2, 0) is 0 Å². The normalized spacial score (nSPS) is 12.2. The first-order chi connectivity index (χ1) is 10.1. The van der Waals surface area contributed by atoms with Crippen LogP contribution in [0, 0.1) is 5.82 Å². The lowest BCUT2D eigenvalue weighted by atomic mass is 10.1. The topological polar surface area (TPSA) is 23.5 Å². The maximum absolute atomic E-state index is 14.4. The van der Waals surface area contributed by atoms with Crippen LogP contribution in [0.2, 0.25) is 0 Å². The molecule has 0 saturated carbocycles. The van der Waals surface area contributed by atoms with Gasteiger partial charge in [0.05, 0.1) is 11.8 Å². The van der Waals surface area contributed by atoms with Crippen molar-refractivity contribution < 1.29 is 9.50 Å². The molecule has 1 atom stereocenters. The monoisotopic (exact) mass is 287 g/mol. The molecule has 0 aromatic heterocycles. The molecule has 3 heteroatoms. The largest absolute Gasteiger partial charge is 0.389 e. The molecular weight excluding hydrogens is 265 g/mol. The van der Waals surface area contributed by atoms with Crippen LogP contribution in [0.4, 0.5) is 15.8 Å². The van der Waals surface area contributed by atoms with E-state index in [1.165, 1.54) is 6.07 Å². The van der Waals surface area contributed by atoms with Gasteiger partial charge in [-0.2, -0.15) is 0 Å². The molecule has 0 spiro atoms. The van der Waals surface area contributed by atoms with Gasteiger partial charge in [0.25, 0.3) is 0 Å². The van der Waals surface area contributed by atoms with Crippen molar-refractivity contribution in [2.24, 2.45) is 0 Å². The third-order valence-electron chi connectivity index (χ3n) is 3.54. The average Bonchev–Trinajstić information content (AvgIpc) is 2.49. The van der Waals surface area contributed by atoms with Gasteiger partial charge < -0.3 is 10.0 Å². The van der Waals surface area contributed by atoms with Crippen LogP contribution in [-0.4, -0.2) is 11.7 Å². The Balaban J connectivity index is 2.51. The van der Waals surface area contributed by atoms with E-state index >= 15 is 0 Å². The Kier molecular flexibility index (Phi) is 5.34. The molecule has 0 bridgehead atoms. The Bertz CT molecular complexity index is 569. The van der Waals surface area contributed by atoms with Crippen molar-refractivity contribution in [3.63, 3.8) is 0 Å². The molecule has 0 aliphatic heterocycles. The van der Waals surface area contributed by atoms with Gasteiger partial charge in [-0.3, -0.25) is 0 Å². The second-order valence-electron chi connectivity index (χ2n) is 5.19. The number of aliphatic hydroxyl groups is 1. The second-order valence-corrected chi connectivity index (χ2v) is 5.19. The van der Waals surface area contributed by atoms with Crippen LogP contribution in [0.25, 0.3) is 0 Å². The third-order valence-corrected chi connectivity index (χ3v) is 3.54. The predicted molar refractivity (Wildman–Crippen MR) is 85.4 cm³/mol. The van der Waals surface area contributed by atoms with Crippen molar-refractivity contribution >= 4 is 11.4 Å². The number of para-hydroxylation sites is 2. The first-order valence-electron chi connectivity index (χ1n) is 7.44. The minimum atomic E-state index is -0.705. The predicted octanol–water partition coefficient (Wildman–Crippen LogP) is 4.82. The number of hydrogen-bond donors (Lipinski definition) is 1. The third kappa shape index (κ3) is 3.61. The smallest absolute Gasteiger partial charge is 0.147 e. The average molecular weight is 287 g/mol. The number of unbranched alkanes of at least 4 members (excludes halogenated alkanes) is 1. The van der Waals surface area contributed by atoms with Gasteiger partial charge in [-0.05, 0) is 31.5 Å². The molecule has 0 aliphatic rings. The molecule has 21 heavy (non-hydrogen) atoms. The molecule has 0 fully saturated rings. The van der Waals surface area contributed by atoms with Crippen molar-refractivity contribution in [1.29, 1.82) is 0 Å². The van der Waals surface area contributed by atoms with E-state index in [1.54, 1.807) is 19.1 Å². The number of hydrogen-bond acceptors (Lipinski definition) is 2. The van der Waals surface area contributed by atoms with Gasteiger partial charge >= 0.3 is 0 Å². The number of halogens is 1. The Morgan fingerprint density at radius 2 is 1.81 bits per heavy atom. The van der Waals surface area contributed by atoms with Crippen molar-refractivity contribution in [3.05, 3.63) is 59.9 Å². The molecule has 0 radical (unpaired) electrons. The zero-order valence-electron chi connectivity index (χ0n) is 12.6. The lowest BCUT2D eigenvalue weighted by molar-refractivity contribution is 0.199. The minimum absolute atomic E-state index is 0.298. The van der Waals surface area contributed by atoms with Crippen molar-refractivity contribution in [1.82, 2.24) is 0 Å². The molecule has 112 valence electrons. The van der Waals surface area contributed by atoms with Gasteiger partial charge in [-0.1, -0.05) is 43.7 Å². The highest BCUT2D eigenvalue weighted by Crippen LogP contribution is 2.34. The Morgan fingerprint density at radius 3 is 2.43 bits per heavy atom. The molecule has 1 N–H and O–H groups in total. The van der Waals surface area contributed by atoms with E-state index in [4.69, 9.17) is 0 Å². The number of rotatable bonds is 6. The molecule has 0 aliphatic carbocycles. The van der Waals surface area contributed by atoms with Crippen molar-refractivity contribution in [3.8, 4) is 0 Å². The van der Waals surface area contributed by atoms with Gasteiger partial charge in [0.2, 0.25) is 0 Å². The summed E-state index contributed by atoms with van der Waals surface area (Å²) in [7, 11) is 0. The lowest BCUT2D eigenvalue weighted by Crippen LogP contribution is -2.21. The molecule has 2 aromatic carbocycles. The first-order valence-corrected chi connectivity index (χ1v) is 7.44. The van der Waals surface area contributed by atoms with E-state index in [0.717, 1.165) is 25.1 Å². The fraction of sp³-hybridized carbons (Fsp3) is 0.333.